The largest absolute Gasteiger partial charge is 0.480 e. The van der Waals surface area contributed by atoms with Crippen LogP contribution in [0.3, 0.4) is 0 Å². The van der Waals surface area contributed by atoms with Crippen LogP contribution in [0.25, 0.3) is 0 Å². The van der Waals surface area contributed by atoms with E-state index in [0.29, 0.717) is 0 Å². The molecule has 0 aromatic rings. The van der Waals surface area contributed by atoms with E-state index in [1.54, 1.807) is 0 Å². The van der Waals surface area contributed by atoms with Crippen molar-refractivity contribution in [3.05, 3.63) is 0 Å². The number of hydrogen-bond acceptors (Lipinski definition) is 3. The highest BCUT2D eigenvalue weighted by molar-refractivity contribution is 6.01. The zero-order valence-electron chi connectivity index (χ0n) is 13.7. The fourth-order valence-corrected chi connectivity index (χ4v) is 2.94. The van der Waals surface area contributed by atoms with Gasteiger partial charge in [0.25, 0.3) is 0 Å². The number of aliphatic carboxylic acids is 1. The third kappa shape index (κ3) is 6.16. The van der Waals surface area contributed by atoms with E-state index in [4.69, 9.17) is 5.11 Å². The molecule has 0 radical (unpaired) electrons. The third-order valence-electron chi connectivity index (χ3n) is 4.26. The number of likely N-dealkylation sites (tertiary alicyclic amines) is 1. The molecule has 1 rings (SSSR count). The van der Waals surface area contributed by atoms with Crippen LogP contribution in [0.5, 0.6) is 0 Å². The number of amides is 2. The lowest BCUT2D eigenvalue weighted by molar-refractivity contribution is -0.154. The van der Waals surface area contributed by atoms with E-state index < -0.39 is 12.0 Å². The van der Waals surface area contributed by atoms with Gasteiger partial charge >= 0.3 is 5.97 Å². The van der Waals surface area contributed by atoms with Crippen molar-refractivity contribution in [2.24, 2.45) is 0 Å². The van der Waals surface area contributed by atoms with Crippen molar-refractivity contribution in [1.82, 2.24) is 4.90 Å². The second-order valence-corrected chi connectivity index (χ2v) is 6.13. The summed E-state index contributed by atoms with van der Waals surface area (Å²) in [4.78, 5) is 35.7. The van der Waals surface area contributed by atoms with E-state index >= 15 is 0 Å². The van der Waals surface area contributed by atoms with Gasteiger partial charge in [0.1, 0.15) is 6.04 Å². The summed E-state index contributed by atoms with van der Waals surface area (Å²) in [5.74, 6) is -1.74. The molecule has 0 bridgehead atoms. The van der Waals surface area contributed by atoms with E-state index in [1.165, 1.54) is 38.5 Å². The molecule has 2 amide bonds. The molecule has 0 aromatic heterocycles. The monoisotopic (exact) mass is 311 g/mol. The van der Waals surface area contributed by atoms with Crippen molar-refractivity contribution < 1.29 is 19.5 Å². The summed E-state index contributed by atoms with van der Waals surface area (Å²) in [5.41, 5.74) is 0. The molecule has 1 atom stereocenters. The summed E-state index contributed by atoms with van der Waals surface area (Å²) in [6.45, 7) is 2.21. The van der Waals surface area contributed by atoms with Crippen LogP contribution in [0.15, 0.2) is 0 Å². The molecule has 1 saturated heterocycles. The van der Waals surface area contributed by atoms with Gasteiger partial charge in [-0.2, -0.15) is 0 Å². The molecule has 1 aliphatic rings. The Balaban J connectivity index is 2.13. The first-order chi connectivity index (χ1) is 10.6. The Bertz CT molecular complexity index is 381. The van der Waals surface area contributed by atoms with E-state index in [2.05, 4.69) is 6.92 Å². The third-order valence-corrected chi connectivity index (χ3v) is 4.26. The number of rotatable bonds is 11. The Hall–Kier alpha value is -1.39. The van der Waals surface area contributed by atoms with Crippen LogP contribution in [0.2, 0.25) is 0 Å². The normalized spacial score (nSPS) is 18.0. The summed E-state index contributed by atoms with van der Waals surface area (Å²) >= 11 is 0. The molecule has 1 fully saturated rings. The predicted octanol–water partition coefficient (Wildman–Crippen LogP) is 3.51. The standard InChI is InChI=1S/C17H29NO4/c1-2-3-4-5-6-7-8-9-10-11-15(19)18-14(17(21)22)12-13-16(18)20/h14H,2-13H2,1H3,(H,21,22). The fourth-order valence-electron chi connectivity index (χ4n) is 2.94. The highest BCUT2D eigenvalue weighted by Gasteiger charge is 2.39. The van der Waals surface area contributed by atoms with Crippen molar-refractivity contribution in [3.8, 4) is 0 Å². The predicted molar refractivity (Wildman–Crippen MR) is 84.4 cm³/mol. The maximum atomic E-state index is 12.0. The zero-order valence-corrected chi connectivity index (χ0v) is 13.7. The van der Waals surface area contributed by atoms with Gasteiger partial charge in [-0.05, 0) is 12.8 Å². The lowest BCUT2D eigenvalue weighted by Crippen LogP contribution is -2.42. The second-order valence-electron chi connectivity index (χ2n) is 6.13. The smallest absolute Gasteiger partial charge is 0.326 e. The van der Waals surface area contributed by atoms with Crippen LogP contribution in [0.4, 0.5) is 0 Å². The molecular weight excluding hydrogens is 282 g/mol. The highest BCUT2D eigenvalue weighted by atomic mass is 16.4. The Morgan fingerprint density at radius 1 is 1.05 bits per heavy atom. The number of nitrogens with zero attached hydrogens (tertiary/aromatic N) is 1. The highest BCUT2D eigenvalue weighted by Crippen LogP contribution is 2.21. The topological polar surface area (TPSA) is 74.7 Å². The molecule has 0 aromatic carbocycles. The van der Waals surface area contributed by atoms with Gasteiger partial charge in [-0.25, -0.2) is 4.79 Å². The van der Waals surface area contributed by atoms with Crippen LogP contribution in [0, 0.1) is 0 Å². The number of carboxylic acid groups (broad SMARTS) is 1. The van der Waals surface area contributed by atoms with E-state index in [0.717, 1.165) is 24.2 Å². The Morgan fingerprint density at radius 3 is 2.14 bits per heavy atom. The molecule has 22 heavy (non-hydrogen) atoms. The minimum Gasteiger partial charge on any atom is -0.480 e. The van der Waals surface area contributed by atoms with Crippen molar-refractivity contribution in [2.45, 2.75) is 90.0 Å². The first-order valence-corrected chi connectivity index (χ1v) is 8.65. The van der Waals surface area contributed by atoms with Crippen LogP contribution in [0.1, 0.15) is 84.0 Å². The molecule has 126 valence electrons. The molecule has 1 heterocycles. The van der Waals surface area contributed by atoms with Crippen molar-refractivity contribution in [1.29, 1.82) is 0 Å². The number of imide groups is 1. The number of carbonyl (C=O) groups excluding carboxylic acids is 2. The summed E-state index contributed by atoms with van der Waals surface area (Å²) in [5, 5.41) is 9.03. The Labute approximate surface area is 133 Å². The van der Waals surface area contributed by atoms with Crippen LogP contribution in [-0.4, -0.2) is 33.8 Å². The number of carboxylic acids is 1. The molecular formula is C17H29NO4. The molecule has 0 saturated carbocycles. The van der Waals surface area contributed by atoms with Gasteiger partial charge in [0, 0.05) is 12.8 Å². The van der Waals surface area contributed by atoms with E-state index in [1.807, 2.05) is 0 Å². The summed E-state index contributed by atoms with van der Waals surface area (Å²) in [7, 11) is 0. The number of unbranched alkanes of at least 4 members (excludes halogenated alkanes) is 8. The first kappa shape index (κ1) is 18.7. The van der Waals surface area contributed by atoms with Gasteiger partial charge in [-0.15, -0.1) is 0 Å². The SMILES string of the molecule is CCCCCCCCCCCC(=O)N1C(=O)CCC1C(=O)O. The molecule has 1 unspecified atom stereocenters. The number of hydrogen-bond donors (Lipinski definition) is 1. The average Bonchev–Trinajstić information content (AvgIpc) is 2.87. The average molecular weight is 311 g/mol. The molecule has 0 aliphatic carbocycles. The molecule has 1 aliphatic heterocycles. The van der Waals surface area contributed by atoms with Gasteiger partial charge in [0.05, 0.1) is 0 Å². The Morgan fingerprint density at radius 2 is 1.59 bits per heavy atom. The minimum absolute atomic E-state index is 0.167. The maximum Gasteiger partial charge on any atom is 0.326 e. The molecule has 5 heteroatoms. The number of carbonyl (C=O) groups is 3. The van der Waals surface area contributed by atoms with Crippen molar-refractivity contribution >= 4 is 17.8 Å². The van der Waals surface area contributed by atoms with Gasteiger partial charge < -0.3 is 5.11 Å². The van der Waals surface area contributed by atoms with Crippen LogP contribution in [-0.2, 0) is 14.4 Å². The van der Waals surface area contributed by atoms with Crippen molar-refractivity contribution in [3.63, 3.8) is 0 Å². The minimum atomic E-state index is -1.08. The Kier molecular flexibility index (Phi) is 8.78. The van der Waals surface area contributed by atoms with Gasteiger partial charge in [0.2, 0.25) is 11.8 Å². The van der Waals surface area contributed by atoms with E-state index in [-0.39, 0.29) is 31.1 Å². The second kappa shape index (κ2) is 10.4. The van der Waals surface area contributed by atoms with Gasteiger partial charge in [-0.3, -0.25) is 14.5 Å². The van der Waals surface area contributed by atoms with Crippen LogP contribution >= 0.6 is 0 Å². The first-order valence-electron chi connectivity index (χ1n) is 8.65. The summed E-state index contributed by atoms with van der Waals surface area (Å²) < 4.78 is 0. The molecule has 1 N–H and O–H groups in total. The lowest BCUT2D eigenvalue weighted by atomic mass is 10.1. The maximum absolute atomic E-state index is 12.0. The lowest BCUT2D eigenvalue weighted by Gasteiger charge is -2.19. The molecule has 0 spiro atoms. The molecule has 5 nitrogen and oxygen atoms in total. The fraction of sp³-hybridized carbons (Fsp3) is 0.824. The summed E-state index contributed by atoms with van der Waals surface area (Å²) in [6, 6.07) is -0.946. The van der Waals surface area contributed by atoms with Crippen LogP contribution < -0.4 is 0 Å². The van der Waals surface area contributed by atoms with Gasteiger partial charge in [0.15, 0.2) is 0 Å². The summed E-state index contributed by atoms with van der Waals surface area (Å²) in [6.07, 6.45) is 11.1. The zero-order chi connectivity index (χ0) is 16.4. The van der Waals surface area contributed by atoms with E-state index in [9.17, 15) is 14.4 Å². The van der Waals surface area contributed by atoms with Crippen molar-refractivity contribution in [2.75, 3.05) is 0 Å². The quantitative estimate of drug-likeness (QED) is 0.592. The van der Waals surface area contributed by atoms with Gasteiger partial charge in [-0.1, -0.05) is 58.3 Å².